The van der Waals surface area contributed by atoms with Gasteiger partial charge in [0.1, 0.15) is 6.61 Å². The average Bonchev–Trinajstić information content (AvgIpc) is 2.45. The standard InChI is InChI=1S/C10H16O3/c1-4-10(7-13-9(3)11)6-12-5-8(10)2/h2,4-7H2,1,3H3. The van der Waals surface area contributed by atoms with Crippen molar-refractivity contribution in [3.63, 3.8) is 0 Å². The highest BCUT2D eigenvalue weighted by molar-refractivity contribution is 5.66. The maximum absolute atomic E-state index is 10.7. The fraction of sp³-hybridized carbons (Fsp3) is 0.700. The van der Waals surface area contributed by atoms with Crippen LogP contribution in [0.5, 0.6) is 0 Å². The summed E-state index contributed by atoms with van der Waals surface area (Å²) in [7, 11) is 0. The van der Waals surface area contributed by atoms with Gasteiger partial charge in [-0.1, -0.05) is 13.5 Å². The number of carbonyl (C=O) groups is 1. The fourth-order valence-electron chi connectivity index (χ4n) is 1.46. The van der Waals surface area contributed by atoms with Crippen molar-refractivity contribution in [3.8, 4) is 0 Å². The number of ether oxygens (including phenoxy) is 2. The molecule has 1 heterocycles. The van der Waals surface area contributed by atoms with E-state index in [4.69, 9.17) is 9.47 Å². The quantitative estimate of drug-likeness (QED) is 0.493. The van der Waals surface area contributed by atoms with Gasteiger partial charge in [-0.15, -0.1) is 0 Å². The molecule has 1 fully saturated rings. The molecule has 0 N–H and O–H groups in total. The van der Waals surface area contributed by atoms with Gasteiger partial charge in [-0.25, -0.2) is 0 Å². The maximum atomic E-state index is 10.7. The van der Waals surface area contributed by atoms with Crippen molar-refractivity contribution in [1.29, 1.82) is 0 Å². The van der Waals surface area contributed by atoms with Crippen molar-refractivity contribution in [2.75, 3.05) is 19.8 Å². The lowest BCUT2D eigenvalue weighted by Crippen LogP contribution is -2.29. The van der Waals surface area contributed by atoms with Gasteiger partial charge >= 0.3 is 5.97 Å². The topological polar surface area (TPSA) is 35.5 Å². The predicted molar refractivity (Wildman–Crippen MR) is 49.3 cm³/mol. The molecule has 0 saturated carbocycles. The average molecular weight is 184 g/mol. The Morgan fingerprint density at radius 2 is 2.46 bits per heavy atom. The van der Waals surface area contributed by atoms with E-state index in [0.717, 1.165) is 12.0 Å². The van der Waals surface area contributed by atoms with E-state index in [1.807, 2.05) is 0 Å². The predicted octanol–water partition coefficient (Wildman–Crippen LogP) is 1.53. The molecule has 0 aromatic carbocycles. The second-order valence-corrected chi connectivity index (χ2v) is 3.51. The van der Waals surface area contributed by atoms with E-state index in [0.29, 0.717) is 19.8 Å². The molecule has 0 aliphatic carbocycles. The molecule has 1 saturated heterocycles. The zero-order chi connectivity index (χ0) is 9.90. The molecule has 0 aromatic heterocycles. The van der Waals surface area contributed by atoms with Crippen LogP contribution in [0.15, 0.2) is 12.2 Å². The summed E-state index contributed by atoms with van der Waals surface area (Å²) in [5.74, 6) is -0.243. The molecule has 1 atom stereocenters. The van der Waals surface area contributed by atoms with Gasteiger partial charge in [0, 0.05) is 6.92 Å². The minimum atomic E-state index is -0.243. The van der Waals surface area contributed by atoms with Crippen molar-refractivity contribution < 1.29 is 14.3 Å². The molecule has 0 bridgehead atoms. The molecule has 0 spiro atoms. The van der Waals surface area contributed by atoms with Crippen LogP contribution >= 0.6 is 0 Å². The van der Waals surface area contributed by atoms with Crippen LogP contribution in [-0.2, 0) is 14.3 Å². The van der Waals surface area contributed by atoms with E-state index < -0.39 is 0 Å². The number of hydrogen-bond donors (Lipinski definition) is 0. The second-order valence-electron chi connectivity index (χ2n) is 3.51. The molecule has 3 heteroatoms. The van der Waals surface area contributed by atoms with Crippen LogP contribution in [0.4, 0.5) is 0 Å². The van der Waals surface area contributed by atoms with Crippen molar-refractivity contribution in [3.05, 3.63) is 12.2 Å². The lowest BCUT2D eigenvalue weighted by atomic mass is 9.82. The first kappa shape index (κ1) is 10.3. The number of rotatable bonds is 3. The Hall–Kier alpha value is -0.830. The van der Waals surface area contributed by atoms with Crippen molar-refractivity contribution in [2.24, 2.45) is 5.41 Å². The molecule has 1 aliphatic rings. The summed E-state index contributed by atoms with van der Waals surface area (Å²) in [6.45, 7) is 9.03. The van der Waals surface area contributed by atoms with Gasteiger partial charge in [0.15, 0.2) is 0 Å². The first-order valence-electron chi connectivity index (χ1n) is 4.50. The van der Waals surface area contributed by atoms with Crippen LogP contribution in [0.25, 0.3) is 0 Å². The molecule has 0 aromatic rings. The zero-order valence-corrected chi connectivity index (χ0v) is 8.26. The summed E-state index contributed by atoms with van der Waals surface area (Å²) in [6.07, 6.45) is 0.902. The molecule has 74 valence electrons. The van der Waals surface area contributed by atoms with Gasteiger partial charge in [0.05, 0.1) is 18.6 Å². The highest BCUT2D eigenvalue weighted by Crippen LogP contribution is 2.36. The SMILES string of the molecule is C=C1COCC1(CC)COC(C)=O. The number of hydrogen-bond acceptors (Lipinski definition) is 3. The molecule has 1 unspecified atom stereocenters. The number of esters is 1. The Balaban J connectivity index is 2.59. The van der Waals surface area contributed by atoms with Crippen LogP contribution in [0.3, 0.4) is 0 Å². The molecule has 0 radical (unpaired) electrons. The minimum absolute atomic E-state index is 0.133. The Morgan fingerprint density at radius 1 is 1.77 bits per heavy atom. The van der Waals surface area contributed by atoms with Gasteiger partial charge in [-0.05, 0) is 12.0 Å². The van der Waals surface area contributed by atoms with Gasteiger partial charge in [0.2, 0.25) is 0 Å². The summed E-state index contributed by atoms with van der Waals surface area (Å²) >= 11 is 0. The fourth-order valence-corrected chi connectivity index (χ4v) is 1.46. The Kier molecular flexibility index (Phi) is 3.09. The Bertz CT molecular complexity index is 222. The van der Waals surface area contributed by atoms with Crippen LogP contribution in [0.1, 0.15) is 20.3 Å². The molecular formula is C10H16O3. The van der Waals surface area contributed by atoms with Crippen LogP contribution in [-0.4, -0.2) is 25.8 Å². The normalized spacial score (nSPS) is 27.7. The molecular weight excluding hydrogens is 168 g/mol. The van der Waals surface area contributed by atoms with Crippen LogP contribution in [0.2, 0.25) is 0 Å². The maximum Gasteiger partial charge on any atom is 0.302 e. The molecule has 1 aliphatic heterocycles. The molecule has 0 amide bonds. The van der Waals surface area contributed by atoms with E-state index >= 15 is 0 Å². The third kappa shape index (κ3) is 2.10. The van der Waals surface area contributed by atoms with Crippen LogP contribution in [0, 0.1) is 5.41 Å². The highest BCUT2D eigenvalue weighted by atomic mass is 16.5. The van der Waals surface area contributed by atoms with E-state index in [1.54, 1.807) is 0 Å². The summed E-state index contributed by atoms with van der Waals surface area (Å²) < 4.78 is 10.3. The Labute approximate surface area is 78.7 Å². The summed E-state index contributed by atoms with van der Waals surface area (Å²) in [5.41, 5.74) is 0.905. The summed E-state index contributed by atoms with van der Waals surface area (Å²) in [4.78, 5) is 10.7. The van der Waals surface area contributed by atoms with Gasteiger partial charge in [-0.3, -0.25) is 4.79 Å². The van der Waals surface area contributed by atoms with E-state index in [1.165, 1.54) is 6.92 Å². The van der Waals surface area contributed by atoms with Crippen molar-refractivity contribution >= 4 is 5.97 Å². The first-order valence-corrected chi connectivity index (χ1v) is 4.50. The van der Waals surface area contributed by atoms with Gasteiger partial charge in [-0.2, -0.15) is 0 Å². The number of carbonyl (C=O) groups excluding carboxylic acids is 1. The van der Waals surface area contributed by atoms with E-state index in [2.05, 4.69) is 13.5 Å². The van der Waals surface area contributed by atoms with Crippen molar-refractivity contribution in [1.82, 2.24) is 0 Å². The molecule has 3 nitrogen and oxygen atoms in total. The largest absolute Gasteiger partial charge is 0.465 e. The minimum Gasteiger partial charge on any atom is -0.465 e. The Morgan fingerprint density at radius 3 is 2.85 bits per heavy atom. The third-order valence-corrected chi connectivity index (χ3v) is 2.63. The lowest BCUT2D eigenvalue weighted by Gasteiger charge is -2.26. The summed E-state index contributed by atoms with van der Waals surface area (Å²) in [6, 6.07) is 0. The molecule has 13 heavy (non-hydrogen) atoms. The lowest BCUT2D eigenvalue weighted by molar-refractivity contribution is -0.144. The molecule has 1 rings (SSSR count). The van der Waals surface area contributed by atoms with E-state index in [9.17, 15) is 4.79 Å². The smallest absolute Gasteiger partial charge is 0.302 e. The second kappa shape index (κ2) is 3.92. The van der Waals surface area contributed by atoms with E-state index in [-0.39, 0.29) is 11.4 Å². The van der Waals surface area contributed by atoms with Crippen molar-refractivity contribution in [2.45, 2.75) is 20.3 Å². The van der Waals surface area contributed by atoms with Gasteiger partial charge in [0.25, 0.3) is 0 Å². The van der Waals surface area contributed by atoms with Crippen LogP contribution < -0.4 is 0 Å². The first-order chi connectivity index (χ1) is 6.10. The van der Waals surface area contributed by atoms with Gasteiger partial charge < -0.3 is 9.47 Å². The third-order valence-electron chi connectivity index (χ3n) is 2.63. The zero-order valence-electron chi connectivity index (χ0n) is 8.26. The highest BCUT2D eigenvalue weighted by Gasteiger charge is 2.37. The monoisotopic (exact) mass is 184 g/mol. The summed E-state index contributed by atoms with van der Waals surface area (Å²) in [5, 5.41) is 0.